The van der Waals surface area contributed by atoms with Crippen molar-refractivity contribution in [3.63, 3.8) is 0 Å². The van der Waals surface area contributed by atoms with Crippen LogP contribution in [0.4, 0.5) is 0 Å². The molecular formula is C11H7BrCl3NO2. The van der Waals surface area contributed by atoms with Gasteiger partial charge in [0.15, 0.2) is 4.33 Å². The van der Waals surface area contributed by atoms with Crippen molar-refractivity contribution in [1.29, 1.82) is 0 Å². The molecule has 0 unspecified atom stereocenters. The number of aliphatic carboxylic acids is 1. The van der Waals surface area contributed by atoms with Gasteiger partial charge in [0, 0.05) is 28.2 Å². The molecule has 0 bridgehead atoms. The molecule has 0 radical (unpaired) electrons. The summed E-state index contributed by atoms with van der Waals surface area (Å²) >= 11 is 21.5. The van der Waals surface area contributed by atoms with Crippen molar-refractivity contribution in [3.05, 3.63) is 28.4 Å². The summed E-state index contributed by atoms with van der Waals surface area (Å²) in [5, 5.41) is 11.0. The van der Waals surface area contributed by atoms with Gasteiger partial charge in [-0.3, -0.25) is 4.98 Å². The third-order valence-corrected chi connectivity index (χ3v) is 4.21. The van der Waals surface area contributed by atoms with Gasteiger partial charge in [0.1, 0.15) is 0 Å². The number of alkyl halides is 3. The van der Waals surface area contributed by atoms with Gasteiger partial charge >= 0.3 is 5.97 Å². The van der Waals surface area contributed by atoms with Gasteiger partial charge in [-0.1, -0.05) is 50.7 Å². The van der Waals surface area contributed by atoms with Crippen molar-refractivity contribution >= 4 is 67.3 Å². The van der Waals surface area contributed by atoms with E-state index in [2.05, 4.69) is 20.9 Å². The molecule has 3 nitrogen and oxygen atoms in total. The van der Waals surface area contributed by atoms with Crippen molar-refractivity contribution in [2.24, 2.45) is 0 Å². The number of aromatic nitrogens is 1. The Morgan fingerprint density at radius 3 is 2.78 bits per heavy atom. The summed E-state index contributed by atoms with van der Waals surface area (Å²) in [6, 6.07) is 1.78. The molecule has 0 aromatic carbocycles. The second-order valence-corrected chi connectivity index (χ2v) is 6.34. The fourth-order valence-electron chi connectivity index (χ4n) is 1.80. The molecule has 7 heteroatoms. The maximum absolute atomic E-state index is 11.3. The number of carbonyl (C=O) groups is 1. The van der Waals surface area contributed by atoms with Crippen LogP contribution >= 0.6 is 50.7 Å². The molecule has 1 aliphatic rings. The normalized spacial score (nSPS) is 17.6. The smallest absolute Gasteiger partial charge is 0.336 e. The summed E-state index contributed by atoms with van der Waals surface area (Å²) in [5.41, 5.74) is 0.764. The third kappa shape index (κ3) is 2.39. The molecule has 2 rings (SSSR count). The van der Waals surface area contributed by atoms with Crippen LogP contribution in [0.2, 0.25) is 0 Å². The van der Waals surface area contributed by atoms with Crippen LogP contribution in [-0.4, -0.2) is 20.4 Å². The lowest BCUT2D eigenvalue weighted by Gasteiger charge is -2.23. The zero-order chi connectivity index (χ0) is 13.5. The van der Waals surface area contributed by atoms with Gasteiger partial charge in [0.05, 0.1) is 10.9 Å². The molecule has 0 amide bonds. The molecule has 0 aliphatic heterocycles. The quantitative estimate of drug-likeness (QED) is 0.811. The van der Waals surface area contributed by atoms with E-state index in [0.717, 1.165) is 5.56 Å². The lowest BCUT2D eigenvalue weighted by molar-refractivity contribution is -0.130. The van der Waals surface area contributed by atoms with Gasteiger partial charge in [0.2, 0.25) is 0 Å². The number of hydrogen-bond donors (Lipinski definition) is 1. The van der Waals surface area contributed by atoms with E-state index in [-0.39, 0.29) is 17.3 Å². The highest BCUT2D eigenvalue weighted by Crippen LogP contribution is 2.39. The molecule has 0 saturated carbocycles. The minimum Gasteiger partial charge on any atom is -0.478 e. The zero-order valence-corrected chi connectivity index (χ0v) is 12.7. The summed E-state index contributed by atoms with van der Waals surface area (Å²) in [6.07, 6.45) is 1.62. The molecule has 0 saturated heterocycles. The van der Waals surface area contributed by atoms with Gasteiger partial charge in [0.25, 0.3) is 0 Å². The average Bonchev–Trinajstić information content (AvgIpc) is 2.26. The Bertz CT molecular complexity index is 642. The monoisotopic (exact) mass is 369 g/mol. The first-order chi connectivity index (χ1) is 8.36. The lowest BCUT2D eigenvalue weighted by Crippen LogP contribution is -2.43. The Hall–Kier alpha value is -0.290. The molecule has 1 aliphatic carbocycles. The van der Waals surface area contributed by atoms with Crippen LogP contribution in [0.15, 0.2) is 12.3 Å². The Labute approximate surface area is 126 Å². The van der Waals surface area contributed by atoms with Crippen molar-refractivity contribution in [3.8, 4) is 0 Å². The van der Waals surface area contributed by atoms with Crippen LogP contribution in [0.25, 0.3) is 10.6 Å². The maximum atomic E-state index is 11.3. The highest BCUT2D eigenvalue weighted by atomic mass is 79.9. The minimum atomic E-state index is -1.56. The van der Waals surface area contributed by atoms with Crippen LogP contribution < -0.4 is 10.6 Å². The molecule has 0 fully saturated rings. The van der Waals surface area contributed by atoms with Crippen LogP contribution in [0.5, 0.6) is 0 Å². The third-order valence-electron chi connectivity index (χ3n) is 2.58. The zero-order valence-electron chi connectivity index (χ0n) is 8.88. The molecule has 0 atom stereocenters. The first-order valence-corrected chi connectivity index (χ1v) is 7.18. The summed E-state index contributed by atoms with van der Waals surface area (Å²) in [6.45, 7) is 0. The fraction of sp³-hybridized carbons (Fsp3) is 0.273. The molecule has 1 aromatic rings. The van der Waals surface area contributed by atoms with Gasteiger partial charge < -0.3 is 5.11 Å². The number of carboxylic acid groups (broad SMARTS) is 1. The molecule has 1 heterocycles. The number of pyridine rings is 1. The molecule has 1 aromatic heterocycles. The van der Waals surface area contributed by atoms with E-state index in [1.807, 2.05) is 0 Å². The van der Waals surface area contributed by atoms with Crippen LogP contribution in [-0.2, 0) is 10.1 Å². The van der Waals surface area contributed by atoms with E-state index in [9.17, 15) is 9.90 Å². The van der Waals surface area contributed by atoms with E-state index < -0.39 is 10.3 Å². The van der Waals surface area contributed by atoms with E-state index in [4.69, 9.17) is 34.8 Å². The van der Waals surface area contributed by atoms with Crippen molar-refractivity contribution in [1.82, 2.24) is 4.98 Å². The van der Waals surface area contributed by atoms with Gasteiger partial charge in [-0.15, -0.1) is 0 Å². The van der Waals surface area contributed by atoms with E-state index >= 15 is 0 Å². The standard InChI is InChI=1S/C11H7BrCl3NO2/c12-3-5-1-6-7(13)2-11(14,15)8(10(17)18)9(6)16-4-5/h1,4H,2-3H2,(H,17,18). The summed E-state index contributed by atoms with van der Waals surface area (Å²) in [5.74, 6) is -1.19. The fourth-order valence-corrected chi connectivity index (χ4v) is 3.19. The largest absolute Gasteiger partial charge is 0.478 e. The SMILES string of the molecule is O=C(O)C1=c2ncc(CBr)cc2=C(Cl)CC1(Cl)Cl. The van der Waals surface area contributed by atoms with Gasteiger partial charge in [-0.2, -0.15) is 0 Å². The highest BCUT2D eigenvalue weighted by molar-refractivity contribution is 9.08. The topological polar surface area (TPSA) is 50.2 Å². The average molecular weight is 371 g/mol. The molecule has 0 spiro atoms. The second kappa shape index (κ2) is 5.00. The van der Waals surface area contributed by atoms with E-state index in [1.54, 1.807) is 12.3 Å². The van der Waals surface area contributed by atoms with Crippen molar-refractivity contribution < 1.29 is 9.90 Å². The molecule has 18 heavy (non-hydrogen) atoms. The number of hydrogen-bond acceptors (Lipinski definition) is 2. The molecule has 1 N–H and O–H groups in total. The number of halogens is 4. The minimum absolute atomic E-state index is 0.0553. The number of carboxylic acids is 1. The molecular weight excluding hydrogens is 364 g/mol. The Kier molecular flexibility index (Phi) is 3.93. The first-order valence-electron chi connectivity index (χ1n) is 4.92. The Balaban J connectivity index is 2.92. The van der Waals surface area contributed by atoms with Crippen LogP contribution in [0.3, 0.4) is 0 Å². The lowest BCUT2D eigenvalue weighted by atomic mass is 10.0. The van der Waals surface area contributed by atoms with E-state index in [0.29, 0.717) is 15.6 Å². The highest BCUT2D eigenvalue weighted by Gasteiger charge is 2.39. The van der Waals surface area contributed by atoms with Crippen LogP contribution in [0.1, 0.15) is 12.0 Å². The van der Waals surface area contributed by atoms with E-state index in [1.165, 1.54) is 0 Å². The van der Waals surface area contributed by atoms with Crippen molar-refractivity contribution in [2.45, 2.75) is 16.1 Å². The Morgan fingerprint density at radius 2 is 2.22 bits per heavy atom. The first kappa shape index (κ1) is 14.1. The summed E-state index contributed by atoms with van der Waals surface area (Å²) < 4.78 is -1.56. The Morgan fingerprint density at radius 1 is 1.56 bits per heavy atom. The predicted molar refractivity (Wildman–Crippen MR) is 75.5 cm³/mol. The predicted octanol–water partition coefficient (Wildman–Crippen LogP) is 2.14. The number of fused-ring (bicyclic) bond motifs is 1. The number of rotatable bonds is 2. The summed E-state index contributed by atoms with van der Waals surface area (Å²) in [4.78, 5) is 15.4. The molecule has 96 valence electrons. The number of nitrogens with zero attached hydrogens (tertiary/aromatic N) is 1. The van der Waals surface area contributed by atoms with Crippen LogP contribution in [0, 0.1) is 0 Å². The maximum Gasteiger partial charge on any atom is 0.336 e. The van der Waals surface area contributed by atoms with Crippen molar-refractivity contribution in [2.75, 3.05) is 0 Å². The summed E-state index contributed by atoms with van der Waals surface area (Å²) in [7, 11) is 0. The van der Waals surface area contributed by atoms with Gasteiger partial charge in [-0.05, 0) is 11.6 Å². The van der Waals surface area contributed by atoms with Gasteiger partial charge in [-0.25, -0.2) is 4.79 Å². The second-order valence-electron chi connectivity index (χ2n) is 3.84.